The molecule has 1 aliphatic rings. The lowest BCUT2D eigenvalue weighted by Gasteiger charge is -2.34. The van der Waals surface area contributed by atoms with E-state index in [1.54, 1.807) is 16.7 Å². The van der Waals surface area contributed by atoms with Crippen LogP contribution in [0.4, 0.5) is 4.79 Å². The quantitative estimate of drug-likeness (QED) is 0.858. The minimum Gasteiger partial charge on any atom is -0.444 e. The Labute approximate surface area is 127 Å². The molecule has 1 saturated heterocycles. The Hall–Kier alpha value is -1.30. The highest BCUT2D eigenvalue weighted by molar-refractivity contribution is 5.82. The molecule has 0 aromatic carbocycles. The molecule has 6 heteroatoms. The first kappa shape index (κ1) is 17.8. The Kier molecular flexibility index (Phi) is 5.61. The van der Waals surface area contributed by atoms with Gasteiger partial charge in [-0.3, -0.25) is 4.79 Å². The summed E-state index contributed by atoms with van der Waals surface area (Å²) in [7, 11) is 0. The van der Waals surface area contributed by atoms with Crippen molar-refractivity contribution in [1.29, 1.82) is 0 Å². The van der Waals surface area contributed by atoms with Gasteiger partial charge in [-0.05, 0) is 48.0 Å². The van der Waals surface area contributed by atoms with E-state index >= 15 is 0 Å². The summed E-state index contributed by atoms with van der Waals surface area (Å²) in [6, 6.07) is -0.453. The average Bonchev–Trinajstić information content (AvgIpc) is 2.75. The van der Waals surface area contributed by atoms with E-state index < -0.39 is 11.6 Å². The van der Waals surface area contributed by atoms with Crippen LogP contribution in [0.3, 0.4) is 0 Å². The van der Waals surface area contributed by atoms with Gasteiger partial charge in [0.05, 0.1) is 12.1 Å². The Morgan fingerprint density at radius 2 is 1.86 bits per heavy atom. The summed E-state index contributed by atoms with van der Waals surface area (Å²) in [5, 5.41) is 0. The molecule has 0 radical (unpaired) electrons. The maximum Gasteiger partial charge on any atom is 0.410 e. The zero-order valence-electron chi connectivity index (χ0n) is 14.0. The molecule has 1 fully saturated rings. The number of carbonyl (C=O) groups is 2. The first-order chi connectivity index (χ1) is 9.53. The van der Waals surface area contributed by atoms with Gasteiger partial charge in [0.2, 0.25) is 5.91 Å². The Bertz CT molecular complexity index is 388. The number of ether oxygens (including phenoxy) is 1. The Morgan fingerprint density at radius 3 is 2.29 bits per heavy atom. The van der Waals surface area contributed by atoms with Crippen LogP contribution in [0.15, 0.2) is 0 Å². The standard InChI is InChI=1S/C15H29N3O3/c1-10(2)18(13(19)11(3)16)12-7-8-17(9-12)14(20)21-15(4,5)6/h10-12H,7-9,16H2,1-6H3/t11-,12-/m0/s1. The highest BCUT2D eigenvalue weighted by Gasteiger charge is 2.36. The van der Waals surface area contributed by atoms with Crippen LogP contribution in [0.2, 0.25) is 0 Å². The van der Waals surface area contributed by atoms with E-state index in [-0.39, 0.29) is 24.1 Å². The van der Waals surface area contributed by atoms with E-state index in [9.17, 15) is 9.59 Å². The molecular formula is C15H29N3O3. The van der Waals surface area contributed by atoms with Crippen molar-refractivity contribution in [2.24, 2.45) is 5.73 Å². The van der Waals surface area contributed by atoms with Crippen LogP contribution in [0.1, 0.15) is 48.0 Å². The van der Waals surface area contributed by atoms with E-state index in [4.69, 9.17) is 10.5 Å². The molecule has 1 heterocycles. The van der Waals surface area contributed by atoms with Crippen LogP contribution >= 0.6 is 0 Å². The van der Waals surface area contributed by atoms with Gasteiger partial charge in [0.1, 0.15) is 5.60 Å². The summed E-state index contributed by atoms with van der Waals surface area (Å²) >= 11 is 0. The molecule has 0 aliphatic carbocycles. The molecule has 0 aromatic rings. The molecule has 6 nitrogen and oxygen atoms in total. The van der Waals surface area contributed by atoms with Crippen LogP contribution < -0.4 is 5.73 Å². The third-order valence-corrected chi connectivity index (χ3v) is 3.41. The number of hydrogen-bond donors (Lipinski definition) is 1. The average molecular weight is 299 g/mol. The minimum atomic E-state index is -0.525. The Balaban J connectivity index is 2.71. The highest BCUT2D eigenvalue weighted by atomic mass is 16.6. The topological polar surface area (TPSA) is 75.9 Å². The number of hydrogen-bond acceptors (Lipinski definition) is 4. The number of nitrogens with zero attached hydrogens (tertiary/aromatic N) is 2. The lowest BCUT2D eigenvalue weighted by molar-refractivity contribution is -0.136. The lowest BCUT2D eigenvalue weighted by atomic mass is 10.1. The minimum absolute atomic E-state index is 0.0102. The normalized spacial score (nSPS) is 20.6. The van der Waals surface area contributed by atoms with Gasteiger partial charge in [-0.25, -0.2) is 4.79 Å². The third kappa shape index (κ3) is 4.88. The summed E-state index contributed by atoms with van der Waals surface area (Å²) in [5.41, 5.74) is 5.22. The molecule has 2 atom stereocenters. The number of likely N-dealkylation sites (tertiary alicyclic amines) is 1. The summed E-state index contributed by atoms with van der Waals surface area (Å²) in [6.07, 6.45) is 0.442. The van der Waals surface area contributed by atoms with Crippen molar-refractivity contribution in [2.75, 3.05) is 13.1 Å². The fourth-order valence-corrected chi connectivity index (χ4v) is 2.55. The smallest absolute Gasteiger partial charge is 0.410 e. The molecule has 0 unspecified atom stereocenters. The van der Waals surface area contributed by atoms with Gasteiger partial charge in [0.25, 0.3) is 0 Å². The molecule has 1 rings (SSSR count). The van der Waals surface area contributed by atoms with Gasteiger partial charge in [0, 0.05) is 19.1 Å². The molecule has 21 heavy (non-hydrogen) atoms. The van der Waals surface area contributed by atoms with Crippen LogP contribution in [0, 0.1) is 0 Å². The van der Waals surface area contributed by atoms with Crippen molar-refractivity contribution < 1.29 is 14.3 Å². The molecule has 122 valence electrons. The molecule has 2 N–H and O–H groups in total. The summed E-state index contributed by atoms with van der Waals surface area (Å²) in [6.45, 7) is 12.3. The zero-order valence-corrected chi connectivity index (χ0v) is 14.0. The molecule has 0 spiro atoms. The second kappa shape index (κ2) is 6.64. The van der Waals surface area contributed by atoms with E-state index in [2.05, 4.69) is 0 Å². The Morgan fingerprint density at radius 1 is 1.29 bits per heavy atom. The molecule has 0 saturated carbocycles. The predicted molar refractivity (Wildman–Crippen MR) is 81.8 cm³/mol. The molecule has 0 aromatic heterocycles. The predicted octanol–water partition coefficient (Wildman–Crippen LogP) is 1.58. The second-order valence-corrected chi connectivity index (χ2v) is 7.00. The fraction of sp³-hybridized carbons (Fsp3) is 0.867. The summed E-state index contributed by atoms with van der Waals surface area (Å²) in [5.74, 6) is -0.0685. The van der Waals surface area contributed by atoms with Gasteiger partial charge in [-0.2, -0.15) is 0 Å². The van der Waals surface area contributed by atoms with Crippen molar-refractivity contribution >= 4 is 12.0 Å². The van der Waals surface area contributed by atoms with Gasteiger partial charge in [-0.1, -0.05) is 0 Å². The maximum absolute atomic E-state index is 12.2. The van der Waals surface area contributed by atoms with Crippen molar-refractivity contribution in [3.8, 4) is 0 Å². The van der Waals surface area contributed by atoms with E-state index in [0.29, 0.717) is 13.1 Å². The maximum atomic E-state index is 12.2. The molecule has 0 bridgehead atoms. The van der Waals surface area contributed by atoms with Crippen molar-refractivity contribution in [2.45, 2.75) is 71.7 Å². The molecule has 1 aliphatic heterocycles. The van der Waals surface area contributed by atoms with Gasteiger partial charge < -0.3 is 20.3 Å². The van der Waals surface area contributed by atoms with Crippen LogP contribution in [-0.2, 0) is 9.53 Å². The zero-order chi connectivity index (χ0) is 16.4. The van der Waals surface area contributed by atoms with Crippen molar-refractivity contribution in [3.63, 3.8) is 0 Å². The summed E-state index contributed by atoms with van der Waals surface area (Å²) in [4.78, 5) is 27.8. The van der Waals surface area contributed by atoms with Gasteiger partial charge in [0.15, 0.2) is 0 Å². The van der Waals surface area contributed by atoms with E-state index in [1.165, 1.54) is 0 Å². The molecular weight excluding hydrogens is 270 g/mol. The van der Waals surface area contributed by atoms with Crippen LogP contribution in [-0.4, -0.2) is 58.6 Å². The van der Waals surface area contributed by atoms with Crippen LogP contribution in [0.5, 0.6) is 0 Å². The summed E-state index contributed by atoms with van der Waals surface area (Å²) < 4.78 is 5.38. The fourth-order valence-electron chi connectivity index (χ4n) is 2.55. The van der Waals surface area contributed by atoms with Crippen molar-refractivity contribution in [1.82, 2.24) is 9.80 Å². The largest absolute Gasteiger partial charge is 0.444 e. The van der Waals surface area contributed by atoms with Crippen LogP contribution in [0.25, 0.3) is 0 Å². The van der Waals surface area contributed by atoms with Gasteiger partial charge >= 0.3 is 6.09 Å². The van der Waals surface area contributed by atoms with E-state index in [0.717, 1.165) is 6.42 Å². The number of carbonyl (C=O) groups excluding carboxylic acids is 2. The second-order valence-electron chi connectivity index (χ2n) is 7.00. The van der Waals surface area contributed by atoms with Gasteiger partial charge in [-0.15, -0.1) is 0 Å². The monoisotopic (exact) mass is 299 g/mol. The number of nitrogens with two attached hydrogens (primary N) is 1. The van der Waals surface area contributed by atoms with Crippen molar-refractivity contribution in [3.05, 3.63) is 0 Å². The highest BCUT2D eigenvalue weighted by Crippen LogP contribution is 2.21. The molecule has 2 amide bonds. The first-order valence-electron chi connectivity index (χ1n) is 7.58. The number of rotatable bonds is 3. The SMILES string of the molecule is CC(C)N(C(=O)[C@H](C)N)[C@H]1CCN(C(=O)OC(C)(C)C)C1. The number of amides is 2. The third-order valence-electron chi connectivity index (χ3n) is 3.41. The lowest BCUT2D eigenvalue weighted by Crippen LogP contribution is -2.52. The first-order valence-corrected chi connectivity index (χ1v) is 7.58. The van der Waals surface area contributed by atoms with E-state index in [1.807, 2.05) is 34.6 Å².